The quantitative estimate of drug-likeness (QED) is 0.640. The first-order valence-electron chi connectivity index (χ1n) is 5.42. The molecule has 1 aromatic carbocycles. The third-order valence-corrected chi connectivity index (χ3v) is 2.58. The van der Waals surface area contributed by atoms with Gasteiger partial charge in [-0.1, -0.05) is 18.2 Å². The summed E-state index contributed by atoms with van der Waals surface area (Å²) in [5, 5.41) is 0.611. The summed E-state index contributed by atoms with van der Waals surface area (Å²) in [6.07, 6.45) is 1.81. The van der Waals surface area contributed by atoms with Gasteiger partial charge in [0.25, 0.3) is 0 Å². The first-order chi connectivity index (χ1) is 9.15. The molecule has 0 atom stereocenters. The molecule has 2 heterocycles. The Morgan fingerprint density at radius 1 is 0.947 bits per heavy atom. The van der Waals surface area contributed by atoms with E-state index in [1.54, 1.807) is 24.3 Å². The van der Waals surface area contributed by atoms with Crippen LogP contribution in [0.25, 0.3) is 10.9 Å². The summed E-state index contributed by atoms with van der Waals surface area (Å²) in [6, 6.07) is 8.22. The lowest BCUT2D eigenvalue weighted by molar-refractivity contribution is -0.138. The molecule has 1 aromatic heterocycles. The maximum Gasteiger partial charge on any atom is 0.356 e. The van der Waals surface area contributed by atoms with Crippen LogP contribution in [0.4, 0.5) is 0 Å². The smallest absolute Gasteiger partial charge is 0.356 e. The Bertz CT molecular complexity index is 787. The Labute approximate surface area is 106 Å². The van der Waals surface area contributed by atoms with Gasteiger partial charge in [0, 0.05) is 17.5 Å². The molecule has 0 aliphatic carbocycles. The van der Waals surface area contributed by atoms with Crippen LogP contribution in [0.5, 0.6) is 5.75 Å². The van der Waals surface area contributed by atoms with Crippen LogP contribution in [0.3, 0.4) is 0 Å². The molecule has 0 amide bonds. The molecule has 2 bridgehead atoms. The van der Waals surface area contributed by atoms with Crippen LogP contribution in [0.15, 0.2) is 47.3 Å². The number of fused-ring (bicyclic) bond motifs is 4. The Hall–Kier alpha value is -2.89. The molecule has 0 radical (unpaired) electrons. The van der Waals surface area contributed by atoms with Crippen molar-refractivity contribution in [3.8, 4) is 5.75 Å². The molecule has 3 rings (SSSR count). The van der Waals surface area contributed by atoms with E-state index in [4.69, 9.17) is 9.57 Å². The summed E-state index contributed by atoms with van der Waals surface area (Å²) in [4.78, 5) is 39.8. The molecule has 0 spiro atoms. The number of carbonyl (C=O) groups is 2. The number of nitrogens with zero attached hydrogens (tertiary/aromatic N) is 1. The molecule has 0 N–H and O–H groups in total. The molecule has 1 aliphatic heterocycles. The lowest BCUT2D eigenvalue weighted by Gasteiger charge is -2.09. The molecular formula is C13H7NO5. The van der Waals surface area contributed by atoms with Crippen molar-refractivity contribution in [2.45, 2.75) is 0 Å². The highest BCUT2D eigenvalue weighted by molar-refractivity contribution is 5.94. The zero-order valence-corrected chi connectivity index (χ0v) is 9.53. The van der Waals surface area contributed by atoms with Crippen LogP contribution in [0.2, 0.25) is 0 Å². The summed E-state index contributed by atoms with van der Waals surface area (Å²) in [5.74, 6) is -1.83. The van der Waals surface area contributed by atoms with Crippen LogP contribution in [-0.2, 0) is 9.59 Å². The highest BCUT2D eigenvalue weighted by atomic mass is 16.7. The molecule has 1 aliphatic rings. The van der Waals surface area contributed by atoms with Gasteiger partial charge < -0.3 is 9.57 Å². The SMILES string of the molecule is O=C1/C=C\C(=O)On2c(=O)c(cc3ccccc32)O1. The van der Waals surface area contributed by atoms with Crippen molar-refractivity contribution >= 4 is 22.8 Å². The van der Waals surface area contributed by atoms with E-state index in [9.17, 15) is 14.4 Å². The number of pyridine rings is 1. The van der Waals surface area contributed by atoms with Gasteiger partial charge in [-0.25, -0.2) is 9.59 Å². The molecule has 0 unspecified atom stereocenters. The Kier molecular flexibility index (Phi) is 2.42. The minimum absolute atomic E-state index is 0.192. The van der Waals surface area contributed by atoms with Gasteiger partial charge in [0.2, 0.25) is 0 Å². The normalized spacial score (nSPS) is 16.0. The van der Waals surface area contributed by atoms with Crippen LogP contribution in [-0.4, -0.2) is 16.7 Å². The maximum absolute atomic E-state index is 12.1. The predicted octanol–water partition coefficient (Wildman–Crippen LogP) is 0.432. The van der Waals surface area contributed by atoms with Crippen molar-refractivity contribution in [2.75, 3.05) is 0 Å². The van der Waals surface area contributed by atoms with E-state index in [0.29, 0.717) is 10.9 Å². The molecule has 6 heteroatoms. The maximum atomic E-state index is 12.1. The van der Waals surface area contributed by atoms with Crippen molar-refractivity contribution in [1.82, 2.24) is 4.73 Å². The monoisotopic (exact) mass is 257 g/mol. The fourth-order valence-electron chi connectivity index (χ4n) is 1.77. The minimum Gasteiger partial charge on any atom is -0.417 e. The fourth-order valence-corrected chi connectivity index (χ4v) is 1.77. The minimum atomic E-state index is -0.830. The second-order valence-corrected chi connectivity index (χ2v) is 3.83. The van der Waals surface area contributed by atoms with E-state index in [0.717, 1.165) is 16.9 Å². The average Bonchev–Trinajstić information content (AvgIpc) is 2.43. The summed E-state index contributed by atoms with van der Waals surface area (Å²) >= 11 is 0. The third-order valence-electron chi connectivity index (χ3n) is 2.58. The van der Waals surface area contributed by atoms with Crippen LogP contribution in [0.1, 0.15) is 0 Å². The number of benzene rings is 1. The van der Waals surface area contributed by atoms with Crippen LogP contribution < -0.4 is 15.1 Å². The highest BCUT2D eigenvalue weighted by Crippen LogP contribution is 2.17. The van der Waals surface area contributed by atoms with Gasteiger partial charge in [-0.3, -0.25) is 4.79 Å². The van der Waals surface area contributed by atoms with E-state index >= 15 is 0 Å². The fraction of sp³-hybridized carbons (Fsp3) is 0. The number of esters is 1. The second kappa shape index (κ2) is 4.09. The first kappa shape index (κ1) is 11.2. The summed E-state index contributed by atoms with van der Waals surface area (Å²) in [7, 11) is 0. The third kappa shape index (κ3) is 1.89. The van der Waals surface area contributed by atoms with Crippen molar-refractivity contribution in [2.24, 2.45) is 0 Å². The summed E-state index contributed by atoms with van der Waals surface area (Å²) in [6.45, 7) is 0. The molecule has 0 saturated carbocycles. The molecule has 19 heavy (non-hydrogen) atoms. The highest BCUT2D eigenvalue weighted by Gasteiger charge is 2.17. The van der Waals surface area contributed by atoms with Gasteiger partial charge in [0.05, 0.1) is 5.52 Å². The second-order valence-electron chi connectivity index (χ2n) is 3.83. The summed E-state index contributed by atoms with van der Waals surface area (Å²) < 4.78 is 5.69. The van der Waals surface area contributed by atoms with Gasteiger partial charge in [-0.05, 0) is 12.1 Å². The Morgan fingerprint density at radius 2 is 1.68 bits per heavy atom. The number of carbonyl (C=O) groups excluding carboxylic acids is 2. The largest absolute Gasteiger partial charge is 0.417 e. The zero-order valence-electron chi connectivity index (χ0n) is 9.53. The van der Waals surface area contributed by atoms with E-state index < -0.39 is 17.5 Å². The standard InChI is InChI=1S/C13H7NO5/c15-11-5-6-12(16)19-14-9-4-2-1-3-8(9)7-10(18-11)13(14)17/h1-7H/b6-5-. The lowest BCUT2D eigenvalue weighted by atomic mass is 10.2. The van der Waals surface area contributed by atoms with Crippen molar-refractivity contribution in [1.29, 1.82) is 0 Å². The number of ether oxygens (including phenoxy) is 1. The van der Waals surface area contributed by atoms with Gasteiger partial charge >= 0.3 is 17.5 Å². The van der Waals surface area contributed by atoms with Gasteiger partial charge in [-0.15, -0.1) is 4.73 Å². The number of aromatic nitrogens is 1. The topological polar surface area (TPSA) is 74.6 Å². The molecular weight excluding hydrogens is 250 g/mol. The van der Waals surface area contributed by atoms with Crippen LogP contribution >= 0.6 is 0 Å². The number of para-hydroxylation sites is 1. The average molecular weight is 257 g/mol. The van der Waals surface area contributed by atoms with E-state index in [1.807, 2.05) is 0 Å². The summed E-state index contributed by atoms with van der Waals surface area (Å²) in [5.41, 5.74) is -0.292. The van der Waals surface area contributed by atoms with E-state index in [2.05, 4.69) is 0 Å². The van der Waals surface area contributed by atoms with Crippen molar-refractivity contribution in [3.63, 3.8) is 0 Å². The van der Waals surface area contributed by atoms with E-state index in [-0.39, 0.29) is 5.75 Å². The first-order valence-corrected chi connectivity index (χ1v) is 5.42. The number of hydrogen-bond acceptors (Lipinski definition) is 5. The van der Waals surface area contributed by atoms with Gasteiger partial charge in [0.15, 0.2) is 5.75 Å². The number of rotatable bonds is 0. The van der Waals surface area contributed by atoms with Crippen molar-refractivity contribution < 1.29 is 19.2 Å². The van der Waals surface area contributed by atoms with Gasteiger partial charge in [0.1, 0.15) is 0 Å². The van der Waals surface area contributed by atoms with Crippen LogP contribution in [0, 0.1) is 0 Å². The molecule has 0 fully saturated rings. The number of hydrogen-bond donors (Lipinski definition) is 0. The van der Waals surface area contributed by atoms with E-state index in [1.165, 1.54) is 6.07 Å². The molecule has 94 valence electrons. The lowest BCUT2D eigenvalue weighted by Crippen LogP contribution is -2.30. The Morgan fingerprint density at radius 3 is 2.53 bits per heavy atom. The van der Waals surface area contributed by atoms with Gasteiger partial charge in [-0.2, -0.15) is 0 Å². The molecule has 2 aromatic rings. The zero-order chi connectivity index (χ0) is 13.4. The molecule has 6 nitrogen and oxygen atoms in total. The predicted molar refractivity (Wildman–Crippen MR) is 64.6 cm³/mol. The Balaban J connectivity index is 2.37. The van der Waals surface area contributed by atoms with Crippen molar-refractivity contribution in [3.05, 3.63) is 52.8 Å². The molecule has 0 saturated heterocycles.